The Bertz CT molecular complexity index is 1470. The first-order valence-corrected chi connectivity index (χ1v) is 11.3. The van der Waals surface area contributed by atoms with Crippen molar-refractivity contribution in [3.05, 3.63) is 106 Å². The molecule has 0 atom stereocenters. The van der Waals surface area contributed by atoms with E-state index in [-0.39, 0.29) is 10.8 Å². The zero-order valence-corrected chi connectivity index (χ0v) is 18.4. The number of allylic oxidation sites excluding steroid dienone is 4. The molecule has 4 aliphatic rings. The van der Waals surface area contributed by atoms with E-state index < -0.39 is 0 Å². The van der Waals surface area contributed by atoms with Crippen LogP contribution in [0.2, 0.25) is 0 Å². The van der Waals surface area contributed by atoms with E-state index >= 15 is 0 Å². The fourth-order valence-corrected chi connectivity index (χ4v) is 5.27. The van der Waals surface area contributed by atoms with Gasteiger partial charge in [0.25, 0.3) is 0 Å². The van der Waals surface area contributed by atoms with Crippen molar-refractivity contribution in [1.29, 1.82) is 0 Å². The Hall–Kier alpha value is -3.59. The minimum Gasteiger partial charge on any atom is -0.456 e. The van der Waals surface area contributed by atoms with Crippen LogP contribution in [0.15, 0.2) is 87.7 Å². The van der Waals surface area contributed by atoms with Crippen LogP contribution in [-0.4, -0.2) is 0 Å². The van der Waals surface area contributed by atoms with Crippen molar-refractivity contribution in [2.75, 3.05) is 5.32 Å². The van der Waals surface area contributed by atoms with Gasteiger partial charge in [-0.25, -0.2) is 0 Å². The number of hydrogen-bond acceptors (Lipinski definition) is 3. The summed E-state index contributed by atoms with van der Waals surface area (Å²) in [7, 11) is 0. The maximum atomic E-state index is 11.8. The van der Waals surface area contributed by atoms with Crippen molar-refractivity contribution in [2.45, 2.75) is 38.5 Å². The third-order valence-electron chi connectivity index (χ3n) is 6.95. The highest BCUT2D eigenvalue weighted by Gasteiger charge is 2.36. The minimum atomic E-state index is -0.122. The van der Waals surface area contributed by atoms with Gasteiger partial charge in [-0.2, -0.15) is 0 Å². The van der Waals surface area contributed by atoms with Gasteiger partial charge in [0, 0.05) is 28.4 Å². The van der Waals surface area contributed by atoms with Crippen LogP contribution in [0.3, 0.4) is 0 Å². The molecular weight excluding hydrogens is 394 g/mol. The third kappa shape index (κ3) is 2.92. The Morgan fingerprint density at radius 1 is 0.969 bits per heavy atom. The van der Waals surface area contributed by atoms with E-state index in [1.807, 2.05) is 6.07 Å². The summed E-state index contributed by atoms with van der Waals surface area (Å²) in [4.78, 5) is 11.8. The molecule has 158 valence electrons. The van der Waals surface area contributed by atoms with Crippen molar-refractivity contribution >= 4 is 22.0 Å². The molecular formula is C29H25NO2. The lowest BCUT2D eigenvalue weighted by atomic mass is 9.81. The van der Waals surface area contributed by atoms with E-state index in [0.29, 0.717) is 5.76 Å². The number of aryl methyl sites for hydroxylation is 1. The van der Waals surface area contributed by atoms with Gasteiger partial charge in [0.2, 0.25) is 0 Å². The summed E-state index contributed by atoms with van der Waals surface area (Å²) in [5.41, 5.74) is 6.98. The number of hydrogen-bond donors (Lipinski definition) is 1. The van der Waals surface area contributed by atoms with Gasteiger partial charge in [-0.1, -0.05) is 50.3 Å². The van der Waals surface area contributed by atoms with E-state index in [1.165, 1.54) is 38.9 Å². The van der Waals surface area contributed by atoms with Crippen molar-refractivity contribution in [3.63, 3.8) is 0 Å². The van der Waals surface area contributed by atoms with E-state index in [2.05, 4.69) is 73.8 Å². The van der Waals surface area contributed by atoms with Crippen LogP contribution in [0.1, 0.15) is 43.6 Å². The van der Waals surface area contributed by atoms with Gasteiger partial charge >= 0.3 is 0 Å². The lowest BCUT2D eigenvalue weighted by Gasteiger charge is -2.22. The Kier molecular flexibility index (Phi) is 4.16. The zero-order valence-electron chi connectivity index (χ0n) is 18.4. The highest BCUT2D eigenvalue weighted by atomic mass is 16.3. The molecule has 3 nitrogen and oxygen atoms in total. The molecule has 0 saturated heterocycles. The van der Waals surface area contributed by atoms with Crippen molar-refractivity contribution in [2.24, 2.45) is 0 Å². The van der Waals surface area contributed by atoms with E-state index in [9.17, 15) is 4.79 Å². The molecule has 0 saturated carbocycles. The summed E-state index contributed by atoms with van der Waals surface area (Å²) in [6, 6.07) is 20.2. The average molecular weight is 420 g/mol. The SMILES string of the molecule is CC1(C)C(=CC=C2CCCc3cc4ccc(=O)cc-4oc32)Nc2ccc3ccccc3c21. The van der Waals surface area contributed by atoms with Gasteiger partial charge in [0.05, 0.1) is 0 Å². The first-order valence-electron chi connectivity index (χ1n) is 11.3. The maximum Gasteiger partial charge on any atom is 0.182 e. The number of fused-ring (bicyclic) bond motifs is 5. The smallest absolute Gasteiger partial charge is 0.182 e. The predicted molar refractivity (Wildman–Crippen MR) is 131 cm³/mol. The summed E-state index contributed by atoms with van der Waals surface area (Å²) < 4.78 is 6.25. The molecule has 0 bridgehead atoms. The van der Waals surface area contributed by atoms with Crippen LogP contribution < -0.4 is 10.7 Å². The summed E-state index contributed by atoms with van der Waals surface area (Å²) >= 11 is 0. The van der Waals surface area contributed by atoms with Crippen LogP contribution in [0.4, 0.5) is 5.69 Å². The Labute approximate surface area is 187 Å². The summed E-state index contributed by atoms with van der Waals surface area (Å²) in [6.07, 6.45) is 7.49. The topological polar surface area (TPSA) is 42.2 Å². The molecule has 0 aromatic heterocycles. The Morgan fingerprint density at radius 2 is 1.84 bits per heavy atom. The molecule has 3 heteroatoms. The second-order valence-corrected chi connectivity index (χ2v) is 9.39. The van der Waals surface area contributed by atoms with Crippen molar-refractivity contribution in [3.8, 4) is 11.3 Å². The van der Waals surface area contributed by atoms with Gasteiger partial charge < -0.3 is 9.73 Å². The zero-order chi connectivity index (χ0) is 21.9. The predicted octanol–water partition coefficient (Wildman–Crippen LogP) is 6.90. The molecule has 32 heavy (non-hydrogen) atoms. The van der Waals surface area contributed by atoms with E-state index in [4.69, 9.17) is 4.42 Å². The fraction of sp³-hybridized carbons (Fsp3) is 0.207. The van der Waals surface area contributed by atoms with Crippen molar-refractivity contribution in [1.82, 2.24) is 0 Å². The molecule has 6 rings (SSSR count). The molecule has 0 fully saturated rings. The van der Waals surface area contributed by atoms with Gasteiger partial charge in [-0.15, -0.1) is 0 Å². The first kappa shape index (κ1) is 19.1. The van der Waals surface area contributed by atoms with Crippen LogP contribution in [0.25, 0.3) is 27.7 Å². The van der Waals surface area contributed by atoms with Gasteiger partial charge in [-0.05, 0) is 77.1 Å². The largest absolute Gasteiger partial charge is 0.456 e. The molecule has 0 unspecified atom stereocenters. The minimum absolute atomic E-state index is 0.0217. The van der Waals surface area contributed by atoms with Gasteiger partial charge in [0.1, 0.15) is 11.5 Å². The second kappa shape index (κ2) is 6.96. The summed E-state index contributed by atoms with van der Waals surface area (Å²) in [5.74, 6) is 1.58. The fourth-order valence-electron chi connectivity index (χ4n) is 5.27. The molecule has 2 aliphatic heterocycles. The van der Waals surface area contributed by atoms with E-state index in [0.717, 1.165) is 30.6 Å². The first-order chi connectivity index (χ1) is 15.5. The van der Waals surface area contributed by atoms with Crippen LogP contribution in [0, 0.1) is 0 Å². The Morgan fingerprint density at radius 3 is 2.75 bits per heavy atom. The summed E-state index contributed by atoms with van der Waals surface area (Å²) in [5, 5.41) is 6.23. The number of anilines is 1. The Balaban J connectivity index is 1.44. The number of benzene rings is 3. The average Bonchev–Trinajstić information content (AvgIpc) is 3.06. The molecule has 2 aromatic rings. The number of rotatable bonds is 1. The number of nitrogens with one attached hydrogen (secondary N) is 1. The molecule has 2 aliphatic carbocycles. The highest BCUT2D eigenvalue weighted by molar-refractivity contribution is 5.94. The lowest BCUT2D eigenvalue weighted by Crippen LogP contribution is -2.17. The highest BCUT2D eigenvalue weighted by Crippen LogP contribution is 2.47. The van der Waals surface area contributed by atoms with Crippen LogP contribution in [-0.2, 0) is 11.8 Å². The quantitative estimate of drug-likeness (QED) is 0.365. The molecule has 2 heterocycles. The van der Waals surface area contributed by atoms with Gasteiger partial charge in [-0.3, -0.25) is 4.79 Å². The molecule has 0 radical (unpaired) electrons. The van der Waals surface area contributed by atoms with Crippen LogP contribution >= 0.6 is 0 Å². The van der Waals surface area contributed by atoms with Crippen LogP contribution in [0.5, 0.6) is 0 Å². The normalized spacial score (nSPS) is 19.3. The van der Waals surface area contributed by atoms with E-state index in [1.54, 1.807) is 12.1 Å². The molecule has 0 amide bonds. The standard InChI is InChI=1S/C29H25NO2/c1-29(2)26(30-24-14-11-18-6-3-4-9-23(18)27(24)29)15-12-19-7-5-8-21-16-20-10-13-22(31)17-25(20)32-28(19)21/h3-4,6,9-17,30H,5,7-8H2,1-2H3. The monoisotopic (exact) mass is 419 g/mol. The molecule has 2 aromatic carbocycles. The lowest BCUT2D eigenvalue weighted by molar-refractivity contribution is 0.526. The second-order valence-electron chi connectivity index (χ2n) is 9.39. The molecule has 0 spiro atoms. The maximum absolute atomic E-state index is 11.8. The third-order valence-corrected chi connectivity index (χ3v) is 6.95. The summed E-state index contributed by atoms with van der Waals surface area (Å²) in [6.45, 7) is 4.57. The van der Waals surface area contributed by atoms with Crippen molar-refractivity contribution < 1.29 is 4.42 Å². The molecule has 1 N–H and O–H groups in total. The van der Waals surface area contributed by atoms with Gasteiger partial charge in [0.15, 0.2) is 5.43 Å².